The van der Waals surface area contributed by atoms with Crippen molar-refractivity contribution in [1.29, 1.82) is 0 Å². The first-order valence-electron chi connectivity index (χ1n) is 8.52. The topological polar surface area (TPSA) is 75.8 Å². The fraction of sp³-hybridized carbons (Fsp3) is 0.529. The van der Waals surface area contributed by atoms with Gasteiger partial charge >= 0.3 is 0 Å². The van der Waals surface area contributed by atoms with Gasteiger partial charge in [-0.25, -0.2) is 0 Å². The van der Waals surface area contributed by atoms with Crippen LogP contribution in [-0.2, 0) is 11.2 Å². The van der Waals surface area contributed by atoms with E-state index in [1.165, 1.54) is 0 Å². The van der Waals surface area contributed by atoms with E-state index in [1.54, 1.807) is 14.2 Å². The molecule has 144 valence electrons. The van der Waals surface area contributed by atoms with Gasteiger partial charge in [-0.1, -0.05) is 6.07 Å². The molecule has 2 rings (SSSR count). The van der Waals surface area contributed by atoms with Crippen LogP contribution in [0.2, 0.25) is 0 Å². The minimum absolute atomic E-state index is 0.237. The molecular formula is C17H26N4O3S2. The van der Waals surface area contributed by atoms with Gasteiger partial charge in [-0.2, -0.15) is 0 Å². The molecule has 1 aliphatic heterocycles. The Morgan fingerprint density at radius 1 is 1.12 bits per heavy atom. The molecule has 0 aliphatic carbocycles. The minimum atomic E-state index is 0.237. The Morgan fingerprint density at radius 3 is 2.50 bits per heavy atom. The summed E-state index contributed by atoms with van der Waals surface area (Å²) in [5.41, 5.74) is 6.85. The molecule has 0 amide bonds. The number of hydrazine groups is 1. The molecule has 0 radical (unpaired) electrons. The van der Waals surface area contributed by atoms with Crippen LogP contribution in [-0.4, -0.2) is 50.2 Å². The van der Waals surface area contributed by atoms with Gasteiger partial charge in [0.05, 0.1) is 20.3 Å². The van der Waals surface area contributed by atoms with Crippen molar-refractivity contribution in [2.75, 3.05) is 33.9 Å². The standard InChI is InChI=1S/C17H26N4O3S2/c1-22-14-6-5-12(10-15(14)23-2)7-8-18-16(25)20-21-17(26)19-11-13-4-3-9-24-13/h5-6,10,13H,3-4,7-9,11H2,1-2H3,(H2,18,20,25)(H2,19,21,26)/t13-/m1/s1. The average Bonchev–Trinajstić information content (AvgIpc) is 3.18. The molecule has 0 saturated carbocycles. The summed E-state index contributed by atoms with van der Waals surface area (Å²) in [6, 6.07) is 5.85. The van der Waals surface area contributed by atoms with Gasteiger partial charge in [0.15, 0.2) is 21.7 Å². The van der Waals surface area contributed by atoms with Crippen molar-refractivity contribution in [2.45, 2.75) is 25.4 Å². The van der Waals surface area contributed by atoms with Crippen molar-refractivity contribution in [2.24, 2.45) is 0 Å². The molecule has 1 aromatic rings. The predicted octanol–water partition coefficient (Wildman–Crippen LogP) is 1.27. The summed E-state index contributed by atoms with van der Waals surface area (Å²) >= 11 is 10.4. The van der Waals surface area contributed by atoms with Crippen LogP contribution in [0.15, 0.2) is 18.2 Å². The highest BCUT2D eigenvalue weighted by molar-refractivity contribution is 7.80. The molecule has 4 N–H and O–H groups in total. The summed E-state index contributed by atoms with van der Waals surface area (Å²) in [7, 11) is 3.25. The van der Waals surface area contributed by atoms with E-state index in [0.717, 1.165) is 42.9 Å². The molecule has 1 atom stereocenters. The van der Waals surface area contributed by atoms with Crippen LogP contribution in [0.1, 0.15) is 18.4 Å². The lowest BCUT2D eigenvalue weighted by Crippen LogP contribution is -2.51. The lowest BCUT2D eigenvalue weighted by molar-refractivity contribution is 0.114. The molecule has 7 nitrogen and oxygen atoms in total. The Morgan fingerprint density at radius 2 is 1.85 bits per heavy atom. The zero-order chi connectivity index (χ0) is 18.8. The van der Waals surface area contributed by atoms with Gasteiger partial charge in [0.2, 0.25) is 0 Å². The van der Waals surface area contributed by atoms with Gasteiger partial charge in [-0.05, 0) is 61.4 Å². The van der Waals surface area contributed by atoms with Crippen LogP contribution in [0, 0.1) is 0 Å². The molecule has 0 unspecified atom stereocenters. The molecule has 1 saturated heterocycles. The highest BCUT2D eigenvalue weighted by Gasteiger charge is 2.15. The van der Waals surface area contributed by atoms with Crippen molar-refractivity contribution in [3.63, 3.8) is 0 Å². The van der Waals surface area contributed by atoms with Gasteiger partial charge in [-0.15, -0.1) is 0 Å². The van der Waals surface area contributed by atoms with Crippen LogP contribution >= 0.6 is 24.4 Å². The van der Waals surface area contributed by atoms with E-state index in [4.69, 9.17) is 38.6 Å². The van der Waals surface area contributed by atoms with Gasteiger partial charge in [0.25, 0.3) is 0 Å². The molecule has 1 aliphatic rings. The Bertz CT molecular complexity index is 610. The van der Waals surface area contributed by atoms with E-state index >= 15 is 0 Å². The lowest BCUT2D eigenvalue weighted by Gasteiger charge is -2.16. The van der Waals surface area contributed by atoms with Crippen LogP contribution in [0.5, 0.6) is 11.5 Å². The van der Waals surface area contributed by atoms with Crippen LogP contribution in [0.3, 0.4) is 0 Å². The second-order valence-corrected chi connectivity index (χ2v) is 6.61. The number of ether oxygens (including phenoxy) is 3. The monoisotopic (exact) mass is 398 g/mol. The van der Waals surface area contributed by atoms with Crippen LogP contribution < -0.4 is 31.0 Å². The molecular weight excluding hydrogens is 372 g/mol. The van der Waals surface area contributed by atoms with E-state index < -0.39 is 0 Å². The third-order valence-electron chi connectivity index (χ3n) is 3.95. The molecule has 1 aromatic carbocycles. The third-order valence-corrected chi connectivity index (χ3v) is 4.44. The second-order valence-electron chi connectivity index (χ2n) is 5.79. The average molecular weight is 399 g/mol. The largest absolute Gasteiger partial charge is 0.493 e. The number of hydrogen-bond acceptors (Lipinski definition) is 5. The first kappa shape index (κ1) is 20.5. The maximum absolute atomic E-state index is 5.53. The Kier molecular flexibility index (Phi) is 8.66. The fourth-order valence-corrected chi connectivity index (χ4v) is 2.86. The Balaban J connectivity index is 1.61. The highest BCUT2D eigenvalue weighted by Crippen LogP contribution is 2.27. The SMILES string of the molecule is COc1ccc(CCNC(=S)NNC(=S)NC[C@H]2CCCO2)cc1OC. The van der Waals surface area contributed by atoms with E-state index in [2.05, 4.69) is 21.5 Å². The Labute approximate surface area is 165 Å². The molecule has 1 fully saturated rings. The number of methoxy groups -OCH3 is 2. The summed E-state index contributed by atoms with van der Waals surface area (Å²) in [6.45, 7) is 2.21. The molecule has 26 heavy (non-hydrogen) atoms. The summed E-state index contributed by atoms with van der Waals surface area (Å²) in [5.74, 6) is 1.43. The fourth-order valence-electron chi connectivity index (χ4n) is 2.57. The van der Waals surface area contributed by atoms with Gasteiger partial charge in [0.1, 0.15) is 0 Å². The van der Waals surface area contributed by atoms with Gasteiger partial charge < -0.3 is 24.8 Å². The van der Waals surface area contributed by atoms with Crippen LogP contribution in [0.4, 0.5) is 0 Å². The smallest absolute Gasteiger partial charge is 0.185 e. The van der Waals surface area contributed by atoms with Gasteiger partial charge in [0, 0.05) is 19.7 Å². The first-order chi connectivity index (χ1) is 12.6. The second kappa shape index (κ2) is 11.0. The predicted molar refractivity (Wildman–Crippen MR) is 110 cm³/mol. The Hall–Kier alpha value is -1.84. The van der Waals surface area contributed by atoms with E-state index in [1.807, 2.05) is 18.2 Å². The van der Waals surface area contributed by atoms with E-state index in [-0.39, 0.29) is 6.10 Å². The molecule has 0 bridgehead atoms. The molecule has 0 aromatic heterocycles. The molecule has 1 heterocycles. The summed E-state index contributed by atoms with van der Waals surface area (Å²) < 4.78 is 16.1. The molecule has 0 spiro atoms. The quantitative estimate of drug-likeness (QED) is 0.401. The third kappa shape index (κ3) is 6.81. The van der Waals surface area contributed by atoms with E-state index in [0.29, 0.717) is 23.3 Å². The van der Waals surface area contributed by atoms with Crippen molar-refractivity contribution < 1.29 is 14.2 Å². The van der Waals surface area contributed by atoms with Crippen LogP contribution in [0.25, 0.3) is 0 Å². The van der Waals surface area contributed by atoms with Crippen molar-refractivity contribution >= 4 is 34.7 Å². The summed E-state index contributed by atoms with van der Waals surface area (Å²) in [6.07, 6.45) is 3.21. The number of hydrogen-bond donors (Lipinski definition) is 4. The van der Waals surface area contributed by atoms with Crippen molar-refractivity contribution in [3.8, 4) is 11.5 Å². The van der Waals surface area contributed by atoms with Crippen molar-refractivity contribution in [3.05, 3.63) is 23.8 Å². The molecule has 9 heteroatoms. The number of benzene rings is 1. The first-order valence-corrected chi connectivity index (χ1v) is 9.34. The zero-order valence-electron chi connectivity index (χ0n) is 15.1. The summed E-state index contributed by atoms with van der Waals surface area (Å²) in [4.78, 5) is 0. The summed E-state index contributed by atoms with van der Waals surface area (Å²) in [5, 5.41) is 7.20. The minimum Gasteiger partial charge on any atom is -0.493 e. The maximum atomic E-state index is 5.53. The lowest BCUT2D eigenvalue weighted by atomic mass is 10.1. The van der Waals surface area contributed by atoms with Gasteiger partial charge in [-0.3, -0.25) is 10.9 Å². The number of thiocarbonyl (C=S) groups is 2. The van der Waals surface area contributed by atoms with E-state index in [9.17, 15) is 0 Å². The highest BCUT2D eigenvalue weighted by atomic mass is 32.1. The van der Waals surface area contributed by atoms with Crippen molar-refractivity contribution in [1.82, 2.24) is 21.5 Å². The number of rotatable bonds is 7. The number of nitrogens with one attached hydrogen (secondary N) is 4. The zero-order valence-corrected chi connectivity index (χ0v) is 16.7. The maximum Gasteiger partial charge on any atom is 0.185 e. The normalized spacial score (nSPS) is 15.8.